The third kappa shape index (κ3) is 5.00. The molecule has 20 heavy (non-hydrogen) atoms. The summed E-state index contributed by atoms with van der Waals surface area (Å²) in [4.78, 5) is 32.7. The van der Waals surface area contributed by atoms with Gasteiger partial charge in [-0.1, -0.05) is 0 Å². The van der Waals surface area contributed by atoms with Gasteiger partial charge < -0.3 is 10.4 Å². The lowest BCUT2D eigenvalue weighted by Gasteiger charge is -2.18. The number of carboxylic acids is 1. The lowest BCUT2D eigenvalue weighted by atomic mass is 10.0. The highest BCUT2D eigenvalue weighted by molar-refractivity contribution is 7.08. The number of alkyl halides is 3. The minimum absolute atomic E-state index is 0.325. The molecule has 2 N–H and O–H groups in total. The first-order chi connectivity index (χ1) is 9.20. The van der Waals surface area contributed by atoms with E-state index >= 15 is 0 Å². The Morgan fingerprint density at radius 2 is 2.00 bits per heavy atom. The lowest BCUT2D eigenvalue weighted by Crippen LogP contribution is -2.39. The van der Waals surface area contributed by atoms with E-state index < -0.39 is 42.7 Å². The first-order valence-corrected chi connectivity index (χ1v) is 6.27. The van der Waals surface area contributed by atoms with E-state index in [1.54, 1.807) is 10.7 Å². The quantitative estimate of drug-likeness (QED) is 0.786. The van der Waals surface area contributed by atoms with Crippen molar-refractivity contribution in [2.75, 3.05) is 0 Å². The molecule has 1 rings (SSSR count). The van der Waals surface area contributed by atoms with Crippen molar-refractivity contribution in [3.05, 3.63) is 22.4 Å². The Morgan fingerprint density at radius 3 is 2.45 bits per heavy atom. The number of hydrogen-bond donors (Lipinski definition) is 2. The smallest absolute Gasteiger partial charge is 0.471 e. The molecule has 0 radical (unpaired) electrons. The second kappa shape index (κ2) is 6.51. The Bertz CT molecular complexity index is 498. The van der Waals surface area contributed by atoms with Crippen LogP contribution in [0.3, 0.4) is 0 Å². The van der Waals surface area contributed by atoms with E-state index in [0.29, 0.717) is 5.56 Å². The van der Waals surface area contributed by atoms with E-state index in [1.165, 1.54) is 22.8 Å². The van der Waals surface area contributed by atoms with Gasteiger partial charge in [0.25, 0.3) is 0 Å². The van der Waals surface area contributed by atoms with Crippen LogP contribution in [0, 0.1) is 0 Å². The second-order valence-electron chi connectivity index (χ2n) is 3.89. The highest BCUT2D eigenvalue weighted by Gasteiger charge is 2.40. The zero-order chi connectivity index (χ0) is 15.3. The Labute approximate surface area is 115 Å². The van der Waals surface area contributed by atoms with E-state index in [9.17, 15) is 27.6 Å². The summed E-state index contributed by atoms with van der Waals surface area (Å²) < 4.78 is 36.6. The van der Waals surface area contributed by atoms with Crippen LogP contribution < -0.4 is 5.32 Å². The number of nitrogens with one attached hydrogen (secondary N) is 1. The molecule has 5 nitrogen and oxygen atoms in total. The molecule has 1 heterocycles. The van der Waals surface area contributed by atoms with Gasteiger partial charge in [0.2, 0.25) is 0 Å². The number of aliphatic carboxylic acids is 1. The molecule has 0 spiro atoms. The number of Topliss-reactive ketones (excluding diaryl/α,β-unsaturated/α-hetero) is 1. The van der Waals surface area contributed by atoms with Gasteiger partial charge in [-0.3, -0.25) is 14.4 Å². The van der Waals surface area contributed by atoms with Crippen LogP contribution in [0.4, 0.5) is 13.2 Å². The monoisotopic (exact) mass is 309 g/mol. The third-order valence-corrected chi connectivity index (χ3v) is 2.99. The van der Waals surface area contributed by atoms with Crippen molar-refractivity contribution in [3.63, 3.8) is 0 Å². The van der Waals surface area contributed by atoms with Crippen molar-refractivity contribution in [2.45, 2.75) is 25.1 Å². The van der Waals surface area contributed by atoms with Crippen LogP contribution >= 0.6 is 11.3 Å². The van der Waals surface area contributed by atoms with Crippen LogP contribution in [0.15, 0.2) is 16.8 Å². The number of carbonyl (C=O) groups excluding carboxylic acids is 2. The van der Waals surface area contributed by atoms with Gasteiger partial charge in [0.15, 0.2) is 0 Å². The van der Waals surface area contributed by atoms with Gasteiger partial charge in [-0.2, -0.15) is 24.5 Å². The van der Waals surface area contributed by atoms with Crippen molar-refractivity contribution in [3.8, 4) is 0 Å². The normalized spacial score (nSPS) is 12.8. The number of rotatable bonds is 6. The molecule has 1 aromatic heterocycles. The van der Waals surface area contributed by atoms with Crippen LogP contribution in [0.25, 0.3) is 0 Å². The Morgan fingerprint density at radius 1 is 1.35 bits per heavy atom. The molecule has 1 atom stereocenters. The highest BCUT2D eigenvalue weighted by atomic mass is 32.1. The molecule has 0 bridgehead atoms. The minimum Gasteiger partial charge on any atom is -0.481 e. The van der Waals surface area contributed by atoms with Crippen molar-refractivity contribution in [1.29, 1.82) is 0 Å². The molecular weight excluding hydrogens is 299 g/mol. The van der Waals surface area contributed by atoms with Crippen molar-refractivity contribution < 1.29 is 32.7 Å². The molecule has 0 aliphatic rings. The van der Waals surface area contributed by atoms with Gasteiger partial charge in [-0.25, -0.2) is 0 Å². The molecule has 0 aromatic carbocycles. The van der Waals surface area contributed by atoms with Crippen molar-refractivity contribution in [2.24, 2.45) is 0 Å². The van der Waals surface area contributed by atoms with Gasteiger partial charge in [-0.05, 0) is 22.4 Å². The predicted octanol–water partition coefficient (Wildman–Crippen LogP) is 1.90. The Balaban J connectivity index is 2.80. The molecule has 9 heteroatoms. The molecule has 110 valence electrons. The van der Waals surface area contributed by atoms with Crippen LogP contribution in [-0.2, 0) is 14.4 Å². The fourth-order valence-corrected chi connectivity index (χ4v) is 2.15. The van der Waals surface area contributed by atoms with Gasteiger partial charge in [0.1, 0.15) is 12.2 Å². The molecule has 0 saturated carbocycles. The maximum Gasteiger partial charge on any atom is 0.471 e. The number of carboxylic acid groups (broad SMARTS) is 1. The summed E-state index contributed by atoms with van der Waals surface area (Å²) in [5.41, 5.74) is 0.325. The lowest BCUT2D eigenvalue weighted by molar-refractivity contribution is -0.174. The maximum absolute atomic E-state index is 12.2. The number of carbonyl (C=O) groups is 3. The molecule has 1 unspecified atom stereocenters. The number of thiophene rings is 1. The van der Waals surface area contributed by atoms with Gasteiger partial charge in [0, 0.05) is 6.42 Å². The summed E-state index contributed by atoms with van der Waals surface area (Å²) >= 11 is 1.18. The predicted molar refractivity (Wildman–Crippen MR) is 63.1 cm³/mol. The highest BCUT2D eigenvalue weighted by Crippen LogP contribution is 2.23. The Kier molecular flexibility index (Phi) is 5.26. The zero-order valence-corrected chi connectivity index (χ0v) is 10.8. The summed E-state index contributed by atoms with van der Waals surface area (Å²) in [5, 5.41) is 13.2. The van der Waals surface area contributed by atoms with Crippen molar-refractivity contribution in [1.82, 2.24) is 5.32 Å². The van der Waals surface area contributed by atoms with E-state index in [-0.39, 0.29) is 0 Å². The van der Waals surface area contributed by atoms with Gasteiger partial charge in [-0.15, -0.1) is 0 Å². The van der Waals surface area contributed by atoms with E-state index in [1.807, 2.05) is 0 Å². The average molecular weight is 309 g/mol. The standard InChI is InChI=1S/C11H10F3NO4S/c12-11(13,14)10(19)15-8(6-1-2-20-5-6)3-7(16)4-9(17)18/h1-2,5,8H,3-4H2,(H,15,19)(H,17,18). The number of ketones is 1. The summed E-state index contributed by atoms with van der Waals surface area (Å²) in [6, 6.07) is 0.266. The fourth-order valence-electron chi connectivity index (χ4n) is 1.43. The molecule has 0 aliphatic heterocycles. The third-order valence-electron chi connectivity index (χ3n) is 2.29. The number of halogens is 3. The average Bonchev–Trinajstić information content (AvgIpc) is 2.78. The molecule has 1 amide bonds. The number of amides is 1. The summed E-state index contributed by atoms with van der Waals surface area (Å²) in [5.74, 6) is -4.31. The largest absolute Gasteiger partial charge is 0.481 e. The van der Waals surface area contributed by atoms with Crippen molar-refractivity contribution >= 4 is 29.0 Å². The molecule has 0 saturated heterocycles. The van der Waals surface area contributed by atoms with Gasteiger partial charge >= 0.3 is 18.1 Å². The van der Waals surface area contributed by atoms with E-state index in [2.05, 4.69) is 0 Å². The molecule has 0 fully saturated rings. The van der Waals surface area contributed by atoms with Gasteiger partial charge in [0.05, 0.1) is 6.04 Å². The Hall–Kier alpha value is -1.90. The van der Waals surface area contributed by atoms with Crippen LogP contribution in [-0.4, -0.2) is 28.9 Å². The molecule has 1 aromatic rings. The van der Waals surface area contributed by atoms with E-state index in [4.69, 9.17) is 5.11 Å². The molecule has 0 aliphatic carbocycles. The first kappa shape index (κ1) is 16.2. The number of hydrogen-bond acceptors (Lipinski definition) is 4. The second-order valence-corrected chi connectivity index (χ2v) is 4.67. The zero-order valence-electron chi connectivity index (χ0n) is 9.94. The minimum atomic E-state index is -5.07. The van der Waals surface area contributed by atoms with Crippen LogP contribution in [0.5, 0.6) is 0 Å². The topological polar surface area (TPSA) is 83.5 Å². The summed E-state index contributed by atoms with van der Waals surface area (Å²) in [6.07, 6.45) is -6.38. The summed E-state index contributed by atoms with van der Waals surface area (Å²) in [6.45, 7) is 0. The summed E-state index contributed by atoms with van der Waals surface area (Å²) in [7, 11) is 0. The van der Waals surface area contributed by atoms with E-state index in [0.717, 1.165) is 0 Å². The maximum atomic E-state index is 12.2. The van der Waals surface area contributed by atoms with Crippen LogP contribution in [0.1, 0.15) is 24.4 Å². The first-order valence-electron chi connectivity index (χ1n) is 5.33. The SMILES string of the molecule is O=C(O)CC(=O)CC(NC(=O)C(F)(F)F)c1ccsc1. The van der Waals surface area contributed by atoms with Crippen LogP contribution in [0.2, 0.25) is 0 Å². The molecular formula is C11H10F3NO4S. The fraction of sp³-hybridized carbons (Fsp3) is 0.364.